The van der Waals surface area contributed by atoms with Gasteiger partial charge in [-0.05, 0) is 25.1 Å². The molecular formula is C14H16N2O3S2. The molecule has 0 radical (unpaired) electrons. The van der Waals surface area contributed by atoms with Crippen LogP contribution in [0.2, 0.25) is 0 Å². The molecule has 3 heterocycles. The van der Waals surface area contributed by atoms with Gasteiger partial charge in [-0.1, -0.05) is 0 Å². The zero-order valence-electron chi connectivity index (χ0n) is 11.5. The highest BCUT2D eigenvalue weighted by molar-refractivity contribution is 8.02. The monoisotopic (exact) mass is 324 g/mol. The summed E-state index contributed by atoms with van der Waals surface area (Å²) in [6.07, 6.45) is 0.890. The third-order valence-electron chi connectivity index (χ3n) is 3.24. The lowest BCUT2D eigenvalue weighted by Gasteiger charge is -2.14. The van der Waals surface area contributed by atoms with Crippen molar-refractivity contribution in [1.82, 2.24) is 5.32 Å². The Kier molecular flexibility index (Phi) is 4.34. The van der Waals surface area contributed by atoms with E-state index in [4.69, 9.17) is 4.42 Å². The molecule has 5 nitrogen and oxygen atoms in total. The fraction of sp³-hybridized carbons (Fsp3) is 0.357. The number of fused-ring (bicyclic) bond motifs is 1. The van der Waals surface area contributed by atoms with Gasteiger partial charge < -0.3 is 20.2 Å². The van der Waals surface area contributed by atoms with Crippen LogP contribution < -0.4 is 10.6 Å². The lowest BCUT2D eigenvalue weighted by Crippen LogP contribution is -2.24. The predicted octanol–water partition coefficient (Wildman–Crippen LogP) is 2.77. The van der Waals surface area contributed by atoms with Crippen molar-refractivity contribution in [2.45, 2.75) is 23.3 Å². The second-order valence-electron chi connectivity index (χ2n) is 4.85. The fourth-order valence-electron chi connectivity index (χ4n) is 2.09. The smallest absolute Gasteiger partial charge is 0.234 e. The number of thioether (sulfide) groups is 1. The fourth-order valence-corrected chi connectivity index (χ4v) is 4.26. The van der Waals surface area contributed by atoms with Gasteiger partial charge in [0, 0.05) is 17.5 Å². The molecule has 0 saturated carbocycles. The molecular weight excluding hydrogens is 308 g/mol. The molecule has 2 aromatic rings. The first-order chi connectivity index (χ1) is 10.1. The molecule has 0 aromatic carbocycles. The average molecular weight is 324 g/mol. The first-order valence-corrected chi connectivity index (χ1v) is 8.45. The maximum absolute atomic E-state index is 11.4. The molecule has 1 aliphatic rings. The molecule has 2 unspecified atom stereocenters. The Hall–Kier alpha value is -1.28. The summed E-state index contributed by atoms with van der Waals surface area (Å²) in [4.78, 5) is 12.5. The van der Waals surface area contributed by atoms with E-state index in [1.165, 1.54) is 0 Å². The molecule has 0 saturated heterocycles. The van der Waals surface area contributed by atoms with Gasteiger partial charge in [-0.3, -0.25) is 4.79 Å². The minimum atomic E-state index is -0.661. The minimum absolute atomic E-state index is 0.0469. The van der Waals surface area contributed by atoms with E-state index in [2.05, 4.69) is 10.6 Å². The number of carbonyl (C=O) groups is 1. The van der Waals surface area contributed by atoms with E-state index in [0.717, 1.165) is 14.8 Å². The lowest BCUT2D eigenvalue weighted by atomic mass is 10.2. The van der Waals surface area contributed by atoms with Crippen molar-refractivity contribution < 1.29 is 14.3 Å². The number of nitrogens with one attached hydrogen (secondary N) is 2. The van der Waals surface area contributed by atoms with Crippen molar-refractivity contribution >= 4 is 34.7 Å². The second-order valence-corrected chi connectivity index (χ2v) is 7.18. The Labute approximate surface area is 130 Å². The van der Waals surface area contributed by atoms with Crippen LogP contribution in [0.4, 0.5) is 5.69 Å². The quantitative estimate of drug-likeness (QED) is 0.788. The van der Waals surface area contributed by atoms with Crippen LogP contribution in [0, 0.1) is 0 Å². The molecule has 21 heavy (non-hydrogen) atoms. The van der Waals surface area contributed by atoms with Gasteiger partial charge in [-0.2, -0.15) is 0 Å². The van der Waals surface area contributed by atoms with E-state index >= 15 is 0 Å². The van der Waals surface area contributed by atoms with Crippen LogP contribution >= 0.6 is 23.1 Å². The van der Waals surface area contributed by atoms with Crippen LogP contribution in [0.25, 0.3) is 0 Å². The molecule has 7 heteroatoms. The van der Waals surface area contributed by atoms with Crippen molar-refractivity contribution in [3.63, 3.8) is 0 Å². The van der Waals surface area contributed by atoms with Crippen LogP contribution in [-0.2, 0) is 4.79 Å². The SMILES string of the molecule is CC(NCC(O)c1ccco1)c1cc2c(s1)SCC(=O)N2. The van der Waals surface area contributed by atoms with Crippen LogP contribution in [0.5, 0.6) is 0 Å². The number of aliphatic hydroxyl groups excluding tert-OH is 1. The summed E-state index contributed by atoms with van der Waals surface area (Å²) < 4.78 is 6.32. The van der Waals surface area contributed by atoms with Crippen LogP contribution in [0.3, 0.4) is 0 Å². The average Bonchev–Trinajstić information content (AvgIpc) is 3.12. The number of rotatable bonds is 5. The summed E-state index contributed by atoms with van der Waals surface area (Å²) >= 11 is 3.25. The normalized spacial score (nSPS) is 17.1. The first-order valence-electron chi connectivity index (χ1n) is 6.64. The Bertz CT molecular complexity index is 624. The van der Waals surface area contributed by atoms with Gasteiger partial charge in [0.15, 0.2) is 0 Å². The number of furan rings is 1. The van der Waals surface area contributed by atoms with Crippen LogP contribution in [0.15, 0.2) is 33.1 Å². The highest BCUT2D eigenvalue weighted by atomic mass is 32.2. The largest absolute Gasteiger partial charge is 0.467 e. The van der Waals surface area contributed by atoms with Gasteiger partial charge >= 0.3 is 0 Å². The summed E-state index contributed by atoms with van der Waals surface area (Å²) in [6, 6.07) is 5.62. The highest BCUT2D eigenvalue weighted by Crippen LogP contribution is 2.41. The van der Waals surface area contributed by atoms with Gasteiger partial charge in [0.1, 0.15) is 11.9 Å². The number of amides is 1. The summed E-state index contributed by atoms with van der Waals surface area (Å²) in [5.74, 6) is 1.08. The Morgan fingerprint density at radius 1 is 1.57 bits per heavy atom. The van der Waals surface area contributed by atoms with Gasteiger partial charge in [0.25, 0.3) is 0 Å². The number of carbonyl (C=O) groups excluding carboxylic acids is 1. The van der Waals surface area contributed by atoms with Gasteiger partial charge in [-0.25, -0.2) is 0 Å². The molecule has 0 aliphatic carbocycles. The molecule has 0 fully saturated rings. The molecule has 2 aromatic heterocycles. The summed E-state index contributed by atoms with van der Waals surface area (Å²) in [5.41, 5.74) is 0.900. The van der Waals surface area contributed by atoms with E-state index in [1.54, 1.807) is 41.5 Å². The van der Waals surface area contributed by atoms with E-state index in [0.29, 0.717) is 18.1 Å². The molecule has 3 N–H and O–H groups in total. The van der Waals surface area contributed by atoms with Gasteiger partial charge in [-0.15, -0.1) is 23.1 Å². The molecule has 112 valence electrons. The summed E-state index contributed by atoms with van der Waals surface area (Å²) in [5, 5.41) is 16.2. The van der Waals surface area contributed by atoms with Crippen molar-refractivity contribution in [3.05, 3.63) is 35.1 Å². The lowest BCUT2D eigenvalue weighted by molar-refractivity contribution is -0.113. The number of aliphatic hydroxyl groups is 1. The summed E-state index contributed by atoms with van der Waals surface area (Å²) in [7, 11) is 0. The molecule has 3 rings (SSSR count). The summed E-state index contributed by atoms with van der Waals surface area (Å²) in [6.45, 7) is 2.45. The third kappa shape index (κ3) is 3.32. The van der Waals surface area contributed by atoms with E-state index in [-0.39, 0.29) is 11.9 Å². The number of hydrogen-bond donors (Lipinski definition) is 3. The van der Waals surface area contributed by atoms with Crippen molar-refractivity contribution in [2.24, 2.45) is 0 Å². The molecule has 0 spiro atoms. The maximum atomic E-state index is 11.4. The van der Waals surface area contributed by atoms with Crippen LogP contribution in [0.1, 0.15) is 29.7 Å². The number of thiophene rings is 1. The van der Waals surface area contributed by atoms with Crippen LogP contribution in [-0.4, -0.2) is 23.3 Å². The van der Waals surface area contributed by atoms with Gasteiger partial charge in [0.2, 0.25) is 5.91 Å². The molecule has 2 atom stereocenters. The topological polar surface area (TPSA) is 74.5 Å². The highest BCUT2D eigenvalue weighted by Gasteiger charge is 2.21. The molecule has 1 amide bonds. The minimum Gasteiger partial charge on any atom is -0.467 e. The van der Waals surface area contributed by atoms with E-state index in [1.807, 2.05) is 13.0 Å². The molecule has 1 aliphatic heterocycles. The first kappa shape index (κ1) is 14.6. The standard InChI is InChI=1S/C14H16N2O3S2/c1-8(15-6-10(17)11-3-2-4-19-11)12-5-9-14(21-12)20-7-13(18)16-9/h2-5,8,10,15,17H,6-7H2,1H3,(H,16,18). The van der Waals surface area contributed by atoms with Crippen molar-refractivity contribution in [3.8, 4) is 0 Å². The van der Waals surface area contributed by atoms with Crippen molar-refractivity contribution in [2.75, 3.05) is 17.6 Å². The zero-order chi connectivity index (χ0) is 14.8. The number of anilines is 1. The van der Waals surface area contributed by atoms with E-state index < -0.39 is 6.10 Å². The maximum Gasteiger partial charge on any atom is 0.234 e. The predicted molar refractivity (Wildman–Crippen MR) is 83.8 cm³/mol. The number of hydrogen-bond acceptors (Lipinski definition) is 6. The Morgan fingerprint density at radius 2 is 2.43 bits per heavy atom. The second kappa shape index (κ2) is 6.23. The van der Waals surface area contributed by atoms with Crippen molar-refractivity contribution in [1.29, 1.82) is 0 Å². The van der Waals surface area contributed by atoms with E-state index in [9.17, 15) is 9.90 Å². The Balaban J connectivity index is 1.61. The Morgan fingerprint density at radius 3 is 3.19 bits per heavy atom. The van der Waals surface area contributed by atoms with Gasteiger partial charge in [0.05, 0.1) is 21.9 Å². The molecule has 0 bridgehead atoms. The third-order valence-corrected chi connectivity index (χ3v) is 5.85. The zero-order valence-corrected chi connectivity index (χ0v) is 13.1.